The van der Waals surface area contributed by atoms with Crippen molar-refractivity contribution in [3.8, 4) is 0 Å². The number of hydrogen-bond acceptors (Lipinski definition) is 3. The number of hydrogen-bond donors (Lipinski definition) is 2. The number of likely N-dealkylation sites (tertiary alicyclic amines) is 1. The van der Waals surface area contributed by atoms with Gasteiger partial charge in [0.15, 0.2) is 0 Å². The fourth-order valence-electron chi connectivity index (χ4n) is 3.42. The maximum atomic E-state index is 14.0. The minimum absolute atomic E-state index is 0.0600. The van der Waals surface area contributed by atoms with E-state index in [0.717, 1.165) is 25.7 Å². The average molecular weight is 328 g/mol. The second kappa shape index (κ2) is 7.27. The number of alkyl halides is 1. The van der Waals surface area contributed by atoms with Gasteiger partial charge in [0.05, 0.1) is 6.54 Å². The van der Waals surface area contributed by atoms with E-state index in [1.165, 1.54) is 11.3 Å². The number of halogens is 1. The van der Waals surface area contributed by atoms with Crippen LogP contribution in [-0.4, -0.2) is 52.6 Å². The van der Waals surface area contributed by atoms with Crippen LogP contribution in [0.1, 0.15) is 51.9 Å². The Balaban J connectivity index is 1.80. The molecule has 1 heterocycles. The Labute approximate surface area is 135 Å². The molecule has 0 aromatic heterocycles. The molecule has 2 rings (SSSR count). The first-order valence-corrected chi connectivity index (χ1v) is 8.32. The third-order valence-electron chi connectivity index (χ3n) is 4.86. The van der Waals surface area contributed by atoms with Gasteiger partial charge in [0, 0.05) is 19.4 Å². The average Bonchev–Trinajstić information content (AvgIpc) is 2.91. The van der Waals surface area contributed by atoms with E-state index in [1.54, 1.807) is 6.92 Å². The van der Waals surface area contributed by atoms with Gasteiger partial charge in [-0.1, -0.05) is 19.3 Å². The number of rotatable bonds is 5. The summed E-state index contributed by atoms with van der Waals surface area (Å²) >= 11 is 0. The first kappa shape index (κ1) is 17.7. The number of carbonyl (C=O) groups is 3. The summed E-state index contributed by atoms with van der Waals surface area (Å²) in [6.07, 6.45) is 5.81. The predicted octanol–water partition coefficient (Wildman–Crippen LogP) is 1.49. The molecule has 6 nitrogen and oxygen atoms in total. The van der Waals surface area contributed by atoms with E-state index in [2.05, 4.69) is 5.32 Å². The van der Waals surface area contributed by atoms with Crippen molar-refractivity contribution in [1.82, 2.24) is 10.2 Å². The van der Waals surface area contributed by atoms with Crippen LogP contribution in [0.5, 0.6) is 0 Å². The molecule has 1 saturated heterocycles. The highest BCUT2D eigenvalue weighted by Gasteiger charge is 2.47. The Morgan fingerprint density at radius 1 is 1.30 bits per heavy atom. The van der Waals surface area contributed by atoms with Crippen LogP contribution >= 0.6 is 0 Å². The van der Waals surface area contributed by atoms with Crippen LogP contribution in [0, 0.1) is 5.92 Å². The monoisotopic (exact) mass is 328 g/mol. The summed E-state index contributed by atoms with van der Waals surface area (Å²) in [5.74, 6) is -1.76. The molecule has 23 heavy (non-hydrogen) atoms. The van der Waals surface area contributed by atoms with Crippen molar-refractivity contribution in [2.45, 2.75) is 63.6 Å². The van der Waals surface area contributed by atoms with Crippen LogP contribution in [0.15, 0.2) is 0 Å². The number of nitrogens with one attached hydrogen (secondary N) is 1. The Hall–Kier alpha value is -1.66. The van der Waals surface area contributed by atoms with Crippen molar-refractivity contribution >= 4 is 17.8 Å². The third-order valence-corrected chi connectivity index (χ3v) is 4.86. The topological polar surface area (TPSA) is 86.7 Å². The number of nitrogens with zero attached hydrogens (tertiary/aromatic N) is 1. The number of carboxylic acids is 1. The SMILES string of the molecule is CC(NC(=O)CC1CCCCC1)C(=O)N1CCC(F)(C(=O)O)C1. The van der Waals surface area contributed by atoms with Crippen molar-refractivity contribution in [3.63, 3.8) is 0 Å². The molecule has 2 unspecified atom stereocenters. The van der Waals surface area contributed by atoms with Gasteiger partial charge in [-0.2, -0.15) is 0 Å². The highest BCUT2D eigenvalue weighted by molar-refractivity contribution is 5.88. The zero-order chi connectivity index (χ0) is 17.0. The molecular weight excluding hydrogens is 303 g/mol. The van der Waals surface area contributed by atoms with E-state index in [9.17, 15) is 18.8 Å². The normalized spacial score (nSPS) is 26.8. The van der Waals surface area contributed by atoms with E-state index < -0.39 is 30.1 Å². The molecule has 2 fully saturated rings. The molecular formula is C16H25FN2O4. The zero-order valence-electron chi connectivity index (χ0n) is 13.5. The summed E-state index contributed by atoms with van der Waals surface area (Å²) in [6.45, 7) is 1.16. The first-order valence-electron chi connectivity index (χ1n) is 8.32. The lowest BCUT2D eigenvalue weighted by atomic mass is 9.87. The molecule has 7 heteroatoms. The highest BCUT2D eigenvalue weighted by atomic mass is 19.1. The fourth-order valence-corrected chi connectivity index (χ4v) is 3.42. The minimum atomic E-state index is -2.37. The van der Waals surface area contributed by atoms with Gasteiger partial charge in [-0.3, -0.25) is 9.59 Å². The second-order valence-corrected chi connectivity index (χ2v) is 6.78. The molecule has 0 radical (unpaired) electrons. The van der Waals surface area contributed by atoms with E-state index in [4.69, 9.17) is 5.11 Å². The van der Waals surface area contributed by atoms with Crippen LogP contribution in [0.25, 0.3) is 0 Å². The van der Waals surface area contributed by atoms with E-state index in [0.29, 0.717) is 12.3 Å². The van der Waals surface area contributed by atoms with Gasteiger partial charge in [0.1, 0.15) is 6.04 Å². The summed E-state index contributed by atoms with van der Waals surface area (Å²) in [5.41, 5.74) is -2.37. The quantitative estimate of drug-likeness (QED) is 0.800. The molecule has 1 aliphatic heterocycles. The van der Waals surface area contributed by atoms with E-state index in [1.807, 2.05) is 0 Å². The lowest BCUT2D eigenvalue weighted by Gasteiger charge is -2.24. The van der Waals surface area contributed by atoms with E-state index in [-0.39, 0.29) is 18.9 Å². The van der Waals surface area contributed by atoms with Crippen LogP contribution in [0.2, 0.25) is 0 Å². The van der Waals surface area contributed by atoms with Crippen LogP contribution in [-0.2, 0) is 14.4 Å². The molecule has 2 N–H and O–H groups in total. The summed E-state index contributed by atoms with van der Waals surface area (Å²) in [6, 6.07) is -0.762. The number of carbonyl (C=O) groups excluding carboxylic acids is 2. The Morgan fingerprint density at radius 2 is 1.96 bits per heavy atom. The molecule has 2 atom stereocenters. The molecule has 0 aromatic carbocycles. The lowest BCUT2D eigenvalue weighted by Crippen LogP contribution is -2.48. The van der Waals surface area contributed by atoms with Gasteiger partial charge in [-0.15, -0.1) is 0 Å². The number of carboxylic acid groups (broad SMARTS) is 1. The number of amides is 2. The molecule has 0 spiro atoms. The van der Waals surface area contributed by atoms with Crippen LogP contribution in [0.3, 0.4) is 0 Å². The van der Waals surface area contributed by atoms with Crippen molar-refractivity contribution in [1.29, 1.82) is 0 Å². The molecule has 0 aromatic rings. The Kier molecular flexibility index (Phi) is 5.59. The van der Waals surface area contributed by atoms with Gasteiger partial charge in [-0.05, 0) is 25.7 Å². The van der Waals surface area contributed by atoms with Crippen LogP contribution < -0.4 is 5.32 Å². The van der Waals surface area contributed by atoms with Crippen molar-refractivity contribution in [3.05, 3.63) is 0 Å². The highest BCUT2D eigenvalue weighted by Crippen LogP contribution is 2.27. The number of aliphatic carboxylic acids is 1. The summed E-state index contributed by atoms with van der Waals surface area (Å²) < 4.78 is 14.0. The van der Waals surface area contributed by atoms with Crippen molar-refractivity contribution < 1.29 is 23.9 Å². The van der Waals surface area contributed by atoms with Gasteiger partial charge in [0.2, 0.25) is 17.5 Å². The molecule has 1 aliphatic carbocycles. The molecule has 0 bridgehead atoms. The summed E-state index contributed by atoms with van der Waals surface area (Å²) in [5, 5.41) is 11.5. The van der Waals surface area contributed by atoms with Gasteiger partial charge >= 0.3 is 5.97 Å². The lowest BCUT2D eigenvalue weighted by molar-refractivity contribution is -0.150. The van der Waals surface area contributed by atoms with Gasteiger partial charge in [0.25, 0.3) is 0 Å². The van der Waals surface area contributed by atoms with Crippen LogP contribution in [0.4, 0.5) is 4.39 Å². The van der Waals surface area contributed by atoms with Gasteiger partial charge in [-0.25, -0.2) is 9.18 Å². The minimum Gasteiger partial charge on any atom is -0.479 e. The predicted molar refractivity (Wildman–Crippen MR) is 81.5 cm³/mol. The smallest absolute Gasteiger partial charge is 0.343 e. The molecule has 2 aliphatic rings. The maximum absolute atomic E-state index is 14.0. The molecule has 2 amide bonds. The molecule has 1 saturated carbocycles. The fraction of sp³-hybridized carbons (Fsp3) is 0.812. The first-order chi connectivity index (χ1) is 10.8. The van der Waals surface area contributed by atoms with E-state index >= 15 is 0 Å². The largest absolute Gasteiger partial charge is 0.479 e. The maximum Gasteiger partial charge on any atom is 0.343 e. The Morgan fingerprint density at radius 3 is 2.52 bits per heavy atom. The summed E-state index contributed by atoms with van der Waals surface area (Å²) in [7, 11) is 0. The Bertz CT molecular complexity index is 479. The van der Waals surface area contributed by atoms with Crippen molar-refractivity contribution in [2.75, 3.05) is 13.1 Å². The van der Waals surface area contributed by atoms with Gasteiger partial charge < -0.3 is 15.3 Å². The summed E-state index contributed by atoms with van der Waals surface area (Å²) in [4.78, 5) is 36.3. The third kappa shape index (κ3) is 4.42. The molecule has 130 valence electrons. The van der Waals surface area contributed by atoms with Crippen molar-refractivity contribution in [2.24, 2.45) is 5.92 Å². The zero-order valence-corrected chi connectivity index (χ0v) is 13.5. The standard InChI is InChI=1S/C16H25FN2O4/c1-11(18-13(20)9-12-5-3-2-4-6-12)14(21)19-8-7-16(17,10-19)15(22)23/h11-12H,2-10H2,1H3,(H,18,20)(H,22,23). The second-order valence-electron chi connectivity index (χ2n) is 6.78.